The Kier molecular flexibility index (Phi) is 5.67. The van der Waals surface area contributed by atoms with Crippen molar-refractivity contribution in [3.63, 3.8) is 0 Å². The summed E-state index contributed by atoms with van der Waals surface area (Å²) in [7, 11) is 0. The number of carbonyl (C=O) groups excluding carboxylic acids is 1. The molecule has 1 unspecified atom stereocenters. The van der Waals surface area contributed by atoms with Gasteiger partial charge >= 0.3 is 6.09 Å². The minimum atomic E-state index is -0.790. The molecule has 1 amide bonds. The van der Waals surface area contributed by atoms with Crippen LogP contribution in [0.4, 0.5) is 9.18 Å². The zero-order chi connectivity index (χ0) is 14.1. The Morgan fingerprint density at radius 1 is 1.35 bits per heavy atom. The smallest absolute Gasteiger partial charge is 0.410 e. The Morgan fingerprint density at radius 2 is 1.95 bits per heavy atom. The fourth-order valence-corrected chi connectivity index (χ4v) is 2.91. The SMILES string of the molecule is CC(C)(C)OC(=O)N1CCC2(CC1)NCCCC2F.Cl. The summed E-state index contributed by atoms with van der Waals surface area (Å²) in [6.45, 7) is 7.60. The van der Waals surface area contributed by atoms with Gasteiger partial charge in [-0.15, -0.1) is 12.4 Å². The van der Waals surface area contributed by atoms with Gasteiger partial charge in [0.15, 0.2) is 0 Å². The summed E-state index contributed by atoms with van der Waals surface area (Å²) in [5.41, 5.74) is -0.880. The van der Waals surface area contributed by atoms with Gasteiger partial charge in [0.2, 0.25) is 0 Å². The largest absolute Gasteiger partial charge is 0.444 e. The number of halogens is 2. The van der Waals surface area contributed by atoms with E-state index >= 15 is 0 Å². The number of nitrogens with one attached hydrogen (secondary N) is 1. The van der Waals surface area contributed by atoms with Crippen molar-refractivity contribution in [3.8, 4) is 0 Å². The van der Waals surface area contributed by atoms with E-state index in [1.807, 2.05) is 20.8 Å². The molecular weight excluding hydrogens is 283 g/mol. The molecule has 4 nitrogen and oxygen atoms in total. The van der Waals surface area contributed by atoms with Gasteiger partial charge in [-0.3, -0.25) is 0 Å². The maximum absolute atomic E-state index is 14.1. The van der Waals surface area contributed by atoms with Crippen LogP contribution < -0.4 is 5.32 Å². The van der Waals surface area contributed by atoms with Crippen LogP contribution in [0, 0.1) is 0 Å². The molecule has 0 aromatic rings. The Labute approximate surface area is 126 Å². The van der Waals surface area contributed by atoms with Crippen molar-refractivity contribution < 1.29 is 13.9 Å². The van der Waals surface area contributed by atoms with Gasteiger partial charge in [0.1, 0.15) is 11.8 Å². The van der Waals surface area contributed by atoms with Crippen LogP contribution in [-0.4, -0.2) is 47.9 Å². The van der Waals surface area contributed by atoms with Crippen LogP contribution in [0.25, 0.3) is 0 Å². The van der Waals surface area contributed by atoms with Crippen molar-refractivity contribution in [2.45, 2.75) is 63.8 Å². The summed E-state index contributed by atoms with van der Waals surface area (Å²) in [5, 5.41) is 3.34. The molecule has 0 radical (unpaired) electrons. The highest BCUT2D eigenvalue weighted by Crippen LogP contribution is 2.33. The number of piperidine rings is 2. The molecule has 1 N–H and O–H groups in total. The molecule has 2 aliphatic heterocycles. The van der Waals surface area contributed by atoms with Crippen LogP contribution in [0.1, 0.15) is 46.5 Å². The van der Waals surface area contributed by atoms with E-state index in [0.717, 1.165) is 13.0 Å². The predicted octanol–water partition coefficient (Wildman–Crippen LogP) is 2.90. The van der Waals surface area contributed by atoms with Crippen molar-refractivity contribution in [2.24, 2.45) is 0 Å². The number of hydrogen-bond donors (Lipinski definition) is 1. The average molecular weight is 309 g/mol. The van der Waals surface area contributed by atoms with Gasteiger partial charge in [0, 0.05) is 13.1 Å². The Morgan fingerprint density at radius 3 is 2.45 bits per heavy atom. The van der Waals surface area contributed by atoms with E-state index in [4.69, 9.17) is 4.74 Å². The highest BCUT2D eigenvalue weighted by atomic mass is 35.5. The normalized spacial score (nSPS) is 26.0. The van der Waals surface area contributed by atoms with Crippen LogP contribution >= 0.6 is 12.4 Å². The Bertz CT molecular complexity index is 339. The predicted molar refractivity (Wildman–Crippen MR) is 79.2 cm³/mol. The van der Waals surface area contributed by atoms with Crippen LogP contribution in [-0.2, 0) is 4.74 Å². The summed E-state index contributed by atoms with van der Waals surface area (Å²) in [6, 6.07) is 0. The van der Waals surface area contributed by atoms with Crippen molar-refractivity contribution in [2.75, 3.05) is 19.6 Å². The van der Waals surface area contributed by atoms with Gasteiger partial charge in [0.05, 0.1) is 5.54 Å². The maximum atomic E-state index is 14.1. The number of carbonyl (C=O) groups is 1. The highest BCUT2D eigenvalue weighted by Gasteiger charge is 2.44. The van der Waals surface area contributed by atoms with E-state index in [1.54, 1.807) is 4.90 Å². The van der Waals surface area contributed by atoms with E-state index in [2.05, 4.69) is 5.32 Å². The fourth-order valence-electron chi connectivity index (χ4n) is 2.91. The monoisotopic (exact) mass is 308 g/mol. The number of ether oxygens (including phenoxy) is 1. The van der Waals surface area contributed by atoms with Gasteiger partial charge in [-0.1, -0.05) is 0 Å². The number of alkyl halides is 1. The second-order valence-electron chi connectivity index (χ2n) is 6.66. The lowest BCUT2D eigenvalue weighted by Crippen LogP contribution is -2.62. The molecule has 0 aromatic heterocycles. The molecule has 1 atom stereocenters. The molecule has 1 spiro atoms. The Hall–Kier alpha value is -0.550. The average Bonchev–Trinajstić information content (AvgIpc) is 2.32. The molecule has 0 saturated carbocycles. The molecule has 2 saturated heterocycles. The highest BCUT2D eigenvalue weighted by molar-refractivity contribution is 5.85. The zero-order valence-corrected chi connectivity index (χ0v) is 13.4. The minimum absolute atomic E-state index is 0. The first-order valence-corrected chi connectivity index (χ1v) is 7.19. The lowest BCUT2D eigenvalue weighted by Gasteiger charge is -2.46. The van der Waals surface area contributed by atoms with E-state index in [-0.39, 0.29) is 18.5 Å². The number of rotatable bonds is 0. The summed E-state index contributed by atoms with van der Waals surface area (Å²) in [6.07, 6.45) is 1.81. The third kappa shape index (κ3) is 3.98. The number of amides is 1. The molecule has 0 aliphatic carbocycles. The van der Waals surface area contributed by atoms with Crippen molar-refractivity contribution in [1.82, 2.24) is 10.2 Å². The van der Waals surface area contributed by atoms with Crippen molar-refractivity contribution >= 4 is 18.5 Å². The lowest BCUT2D eigenvalue weighted by molar-refractivity contribution is 0.000563. The van der Waals surface area contributed by atoms with Gasteiger partial charge in [-0.2, -0.15) is 0 Å². The third-order valence-corrected chi connectivity index (χ3v) is 4.02. The minimum Gasteiger partial charge on any atom is -0.444 e. The first-order valence-electron chi connectivity index (χ1n) is 7.19. The topological polar surface area (TPSA) is 41.6 Å². The summed E-state index contributed by atoms with van der Waals surface area (Å²) < 4.78 is 19.5. The summed E-state index contributed by atoms with van der Waals surface area (Å²) >= 11 is 0. The number of likely N-dealkylation sites (tertiary alicyclic amines) is 1. The Balaban J connectivity index is 0.00000200. The van der Waals surface area contributed by atoms with Gasteiger partial charge < -0.3 is 15.0 Å². The molecule has 2 rings (SSSR count). The van der Waals surface area contributed by atoms with Crippen LogP contribution in [0.15, 0.2) is 0 Å². The van der Waals surface area contributed by atoms with E-state index in [1.165, 1.54) is 0 Å². The second kappa shape index (κ2) is 6.48. The molecule has 0 aromatic carbocycles. The number of hydrogen-bond acceptors (Lipinski definition) is 3. The fraction of sp³-hybridized carbons (Fsp3) is 0.929. The van der Waals surface area contributed by atoms with Crippen LogP contribution in [0.3, 0.4) is 0 Å². The first kappa shape index (κ1) is 17.5. The lowest BCUT2D eigenvalue weighted by atomic mass is 9.79. The molecule has 2 heterocycles. The van der Waals surface area contributed by atoms with Gasteiger partial charge in [0.25, 0.3) is 0 Å². The number of nitrogens with zero attached hydrogens (tertiary/aromatic N) is 1. The molecule has 118 valence electrons. The molecule has 0 bridgehead atoms. The standard InChI is InChI=1S/C14H25FN2O2.ClH/c1-13(2,3)19-12(18)17-9-6-14(7-10-17)11(15)5-4-8-16-14;/h11,16H,4-10H2,1-3H3;1H. The third-order valence-electron chi connectivity index (χ3n) is 4.02. The summed E-state index contributed by atoms with van der Waals surface area (Å²) in [5.74, 6) is 0. The van der Waals surface area contributed by atoms with Crippen molar-refractivity contribution in [1.29, 1.82) is 0 Å². The van der Waals surface area contributed by atoms with Crippen LogP contribution in [0.5, 0.6) is 0 Å². The molecule has 2 fully saturated rings. The van der Waals surface area contributed by atoms with Crippen molar-refractivity contribution in [3.05, 3.63) is 0 Å². The van der Waals surface area contributed by atoms with Gasteiger partial charge in [-0.05, 0) is 53.0 Å². The molecule has 20 heavy (non-hydrogen) atoms. The second-order valence-corrected chi connectivity index (χ2v) is 6.66. The first-order chi connectivity index (χ1) is 8.82. The van der Waals surface area contributed by atoms with Gasteiger partial charge in [-0.25, -0.2) is 9.18 Å². The quantitative estimate of drug-likeness (QED) is 0.748. The van der Waals surface area contributed by atoms with Crippen LogP contribution in [0.2, 0.25) is 0 Å². The maximum Gasteiger partial charge on any atom is 0.410 e. The van der Waals surface area contributed by atoms with E-state index in [9.17, 15) is 9.18 Å². The molecule has 6 heteroatoms. The summed E-state index contributed by atoms with van der Waals surface area (Å²) in [4.78, 5) is 13.6. The molecule has 2 aliphatic rings. The zero-order valence-electron chi connectivity index (χ0n) is 12.6. The molecular formula is C14H26ClFN2O2. The van der Waals surface area contributed by atoms with E-state index < -0.39 is 17.3 Å². The van der Waals surface area contributed by atoms with E-state index in [0.29, 0.717) is 32.4 Å².